The Morgan fingerprint density at radius 3 is 2.45 bits per heavy atom. The summed E-state index contributed by atoms with van der Waals surface area (Å²) in [5, 5.41) is 2.63. The first kappa shape index (κ1) is 12.7. The first-order valence-corrected chi connectivity index (χ1v) is 6.56. The number of anilines is 2. The van der Waals surface area contributed by atoms with E-state index in [4.69, 9.17) is 5.73 Å². The zero-order valence-corrected chi connectivity index (χ0v) is 10.9. The van der Waals surface area contributed by atoms with Crippen LogP contribution in [-0.4, -0.2) is 5.91 Å². The molecule has 0 aromatic heterocycles. The van der Waals surface area contributed by atoms with Crippen LogP contribution in [0.3, 0.4) is 0 Å². The van der Waals surface area contributed by atoms with E-state index in [-0.39, 0.29) is 17.5 Å². The zero-order chi connectivity index (χ0) is 14.1. The number of amides is 1. The number of nitrogens with one attached hydrogen (secondary N) is 1. The molecule has 2 aromatic carbocycles. The maximum Gasteiger partial charge on any atom is 0.228 e. The van der Waals surface area contributed by atoms with Crippen LogP contribution >= 0.6 is 0 Å². The lowest BCUT2D eigenvalue weighted by molar-refractivity contribution is -0.119. The Hall–Kier alpha value is -2.36. The molecule has 0 aliphatic heterocycles. The molecule has 0 fully saturated rings. The lowest BCUT2D eigenvalue weighted by Crippen LogP contribution is -2.23. The van der Waals surface area contributed by atoms with Crippen LogP contribution in [0.5, 0.6) is 0 Å². The van der Waals surface area contributed by atoms with E-state index in [1.54, 1.807) is 0 Å². The molecule has 1 aliphatic rings. The zero-order valence-electron chi connectivity index (χ0n) is 10.9. The summed E-state index contributed by atoms with van der Waals surface area (Å²) in [6, 6.07) is 12.2. The Morgan fingerprint density at radius 2 is 1.80 bits per heavy atom. The van der Waals surface area contributed by atoms with Crippen LogP contribution in [-0.2, 0) is 17.6 Å². The molecule has 20 heavy (non-hydrogen) atoms. The summed E-state index contributed by atoms with van der Waals surface area (Å²) in [4.78, 5) is 12.2. The molecule has 3 N–H and O–H groups in total. The van der Waals surface area contributed by atoms with Crippen molar-refractivity contribution in [2.75, 3.05) is 11.1 Å². The Morgan fingerprint density at radius 1 is 1.15 bits per heavy atom. The Labute approximate surface area is 116 Å². The molecule has 0 radical (unpaired) electrons. The van der Waals surface area contributed by atoms with Gasteiger partial charge in [0, 0.05) is 11.6 Å². The minimum atomic E-state index is -0.469. The van der Waals surface area contributed by atoms with Gasteiger partial charge in [-0.3, -0.25) is 4.79 Å². The first-order valence-electron chi connectivity index (χ1n) is 6.56. The summed E-state index contributed by atoms with van der Waals surface area (Å²) in [5.74, 6) is -0.776. The van der Waals surface area contributed by atoms with Gasteiger partial charge in [-0.2, -0.15) is 0 Å². The van der Waals surface area contributed by atoms with Crippen molar-refractivity contribution in [2.45, 2.75) is 12.8 Å². The molecule has 0 heterocycles. The Bertz CT molecular complexity index is 644. The monoisotopic (exact) mass is 270 g/mol. The highest BCUT2D eigenvalue weighted by Crippen LogP contribution is 2.28. The minimum absolute atomic E-state index is 0.144. The molecule has 0 bridgehead atoms. The van der Waals surface area contributed by atoms with Gasteiger partial charge < -0.3 is 11.1 Å². The molecule has 3 nitrogen and oxygen atoms in total. The Kier molecular flexibility index (Phi) is 3.14. The minimum Gasteiger partial charge on any atom is -0.399 e. The smallest absolute Gasteiger partial charge is 0.228 e. The van der Waals surface area contributed by atoms with Crippen LogP contribution in [0.4, 0.5) is 15.8 Å². The van der Waals surface area contributed by atoms with Gasteiger partial charge >= 0.3 is 0 Å². The molecule has 3 rings (SSSR count). The third-order valence-corrected chi connectivity index (χ3v) is 3.67. The van der Waals surface area contributed by atoms with Crippen LogP contribution in [0.15, 0.2) is 42.5 Å². The predicted octanol–water partition coefficient (Wildman–Crippen LogP) is 2.76. The molecule has 0 saturated heterocycles. The van der Waals surface area contributed by atoms with Gasteiger partial charge in [-0.25, -0.2) is 4.39 Å². The molecule has 0 spiro atoms. The number of fused-ring (bicyclic) bond motifs is 1. The van der Waals surface area contributed by atoms with Gasteiger partial charge in [0.2, 0.25) is 5.91 Å². The molecule has 2 aromatic rings. The second kappa shape index (κ2) is 4.96. The van der Waals surface area contributed by atoms with Gasteiger partial charge in [0.05, 0.1) is 5.69 Å². The van der Waals surface area contributed by atoms with E-state index in [1.807, 2.05) is 24.3 Å². The second-order valence-corrected chi connectivity index (χ2v) is 5.10. The lowest BCUT2D eigenvalue weighted by atomic mass is 10.1. The second-order valence-electron chi connectivity index (χ2n) is 5.10. The van der Waals surface area contributed by atoms with E-state index in [0.717, 1.165) is 0 Å². The fraction of sp³-hybridized carbons (Fsp3) is 0.188. The van der Waals surface area contributed by atoms with E-state index in [2.05, 4.69) is 5.32 Å². The van der Waals surface area contributed by atoms with Crippen molar-refractivity contribution in [1.29, 1.82) is 0 Å². The molecule has 102 valence electrons. The van der Waals surface area contributed by atoms with Gasteiger partial charge in [0.1, 0.15) is 5.82 Å². The van der Waals surface area contributed by atoms with Crippen LogP contribution in [0.2, 0.25) is 0 Å². The largest absolute Gasteiger partial charge is 0.399 e. The highest BCUT2D eigenvalue weighted by molar-refractivity contribution is 5.94. The van der Waals surface area contributed by atoms with Crippen molar-refractivity contribution in [3.8, 4) is 0 Å². The summed E-state index contributed by atoms with van der Waals surface area (Å²) >= 11 is 0. The SMILES string of the molecule is Nc1ccc(F)c(NC(=O)C2Cc3ccccc3C2)c1. The third kappa shape index (κ3) is 2.37. The third-order valence-electron chi connectivity index (χ3n) is 3.67. The number of carbonyl (C=O) groups excluding carboxylic acids is 1. The van der Waals surface area contributed by atoms with Crippen molar-refractivity contribution in [1.82, 2.24) is 0 Å². The van der Waals surface area contributed by atoms with Crippen molar-refractivity contribution in [2.24, 2.45) is 5.92 Å². The van der Waals surface area contributed by atoms with Gasteiger partial charge in [-0.1, -0.05) is 24.3 Å². The van der Waals surface area contributed by atoms with Crippen molar-refractivity contribution in [3.63, 3.8) is 0 Å². The highest BCUT2D eigenvalue weighted by Gasteiger charge is 2.27. The van der Waals surface area contributed by atoms with E-state index in [0.29, 0.717) is 18.5 Å². The molecule has 1 amide bonds. The van der Waals surface area contributed by atoms with E-state index < -0.39 is 5.82 Å². The number of nitrogens with two attached hydrogens (primary N) is 1. The van der Waals surface area contributed by atoms with Crippen LogP contribution in [0.25, 0.3) is 0 Å². The summed E-state index contributed by atoms with van der Waals surface area (Å²) in [5.41, 5.74) is 8.57. The van der Waals surface area contributed by atoms with E-state index in [1.165, 1.54) is 29.3 Å². The molecular formula is C16H15FN2O. The number of rotatable bonds is 2. The Balaban J connectivity index is 1.74. The number of benzene rings is 2. The number of halogens is 1. The standard InChI is InChI=1S/C16H15FN2O/c17-14-6-5-13(18)9-15(14)19-16(20)12-7-10-3-1-2-4-11(10)8-12/h1-6,9,12H,7-8,18H2,(H,19,20). The fourth-order valence-electron chi connectivity index (χ4n) is 2.62. The first-order chi connectivity index (χ1) is 9.63. The molecule has 0 saturated carbocycles. The molecule has 1 aliphatic carbocycles. The lowest BCUT2D eigenvalue weighted by Gasteiger charge is -2.11. The topological polar surface area (TPSA) is 55.1 Å². The van der Waals surface area contributed by atoms with E-state index >= 15 is 0 Å². The molecular weight excluding hydrogens is 255 g/mol. The van der Waals surface area contributed by atoms with Crippen LogP contribution in [0, 0.1) is 11.7 Å². The average Bonchev–Trinajstić information content (AvgIpc) is 2.87. The van der Waals surface area contributed by atoms with Gasteiger partial charge in [0.15, 0.2) is 0 Å². The van der Waals surface area contributed by atoms with Gasteiger partial charge in [-0.05, 0) is 42.2 Å². The highest BCUT2D eigenvalue weighted by atomic mass is 19.1. The van der Waals surface area contributed by atoms with Gasteiger partial charge in [0.25, 0.3) is 0 Å². The predicted molar refractivity (Wildman–Crippen MR) is 76.8 cm³/mol. The van der Waals surface area contributed by atoms with Crippen LogP contribution in [0.1, 0.15) is 11.1 Å². The van der Waals surface area contributed by atoms with E-state index in [9.17, 15) is 9.18 Å². The normalized spacial score (nSPS) is 14.1. The fourth-order valence-corrected chi connectivity index (χ4v) is 2.62. The molecule has 0 atom stereocenters. The van der Waals surface area contributed by atoms with Crippen molar-refractivity contribution in [3.05, 3.63) is 59.4 Å². The van der Waals surface area contributed by atoms with Crippen molar-refractivity contribution < 1.29 is 9.18 Å². The number of nitrogen functional groups attached to an aromatic ring is 1. The summed E-state index contributed by atoms with van der Waals surface area (Å²) < 4.78 is 13.6. The van der Waals surface area contributed by atoms with Gasteiger partial charge in [-0.15, -0.1) is 0 Å². The maximum absolute atomic E-state index is 13.6. The number of hydrogen-bond acceptors (Lipinski definition) is 2. The quantitative estimate of drug-likeness (QED) is 0.824. The molecule has 0 unspecified atom stereocenters. The summed E-state index contributed by atoms with van der Waals surface area (Å²) in [7, 11) is 0. The number of carbonyl (C=O) groups is 1. The summed E-state index contributed by atoms with van der Waals surface area (Å²) in [6.07, 6.45) is 1.40. The summed E-state index contributed by atoms with van der Waals surface area (Å²) in [6.45, 7) is 0. The maximum atomic E-state index is 13.6. The molecule has 4 heteroatoms. The van der Waals surface area contributed by atoms with Crippen molar-refractivity contribution >= 4 is 17.3 Å². The van der Waals surface area contributed by atoms with Crippen LogP contribution < -0.4 is 11.1 Å². The average molecular weight is 270 g/mol. The number of hydrogen-bond donors (Lipinski definition) is 2.